The molecule has 3 aliphatic carbocycles. The van der Waals surface area contributed by atoms with Gasteiger partial charge in [-0.1, -0.05) is 6.42 Å². The second kappa shape index (κ2) is 2.47. The first-order chi connectivity index (χ1) is 5.90. The molecule has 1 N–H and O–H groups in total. The minimum atomic E-state index is 0.463. The van der Waals surface area contributed by atoms with E-state index in [2.05, 4.69) is 0 Å². The molecule has 12 heavy (non-hydrogen) atoms. The SMILES string of the molecule is OC[C@@H]1C[C@H]2C[C@@H]1[C@H]1CCC[C@H]21. The van der Waals surface area contributed by atoms with Gasteiger partial charge in [0.15, 0.2) is 0 Å². The van der Waals surface area contributed by atoms with Gasteiger partial charge >= 0.3 is 0 Å². The zero-order valence-corrected chi connectivity index (χ0v) is 7.58. The second-order valence-electron chi connectivity index (χ2n) is 5.10. The summed E-state index contributed by atoms with van der Waals surface area (Å²) in [5, 5.41) is 9.21. The van der Waals surface area contributed by atoms with Gasteiger partial charge in [-0.25, -0.2) is 0 Å². The molecule has 0 spiro atoms. The van der Waals surface area contributed by atoms with Crippen molar-refractivity contribution in [3.05, 3.63) is 0 Å². The van der Waals surface area contributed by atoms with Gasteiger partial charge in [-0.3, -0.25) is 0 Å². The monoisotopic (exact) mass is 166 g/mol. The third-order valence-electron chi connectivity index (χ3n) is 4.80. The Kier molecular flexibility index (Phi) is 1.52. The van der Waals surface area contributed by atoms with Crippen LogP contribution < -0.4 is 0 Å². The molecule has 5 atom stereocenters. The van der Waals surface area contributed by atoms with Gasteiger partial charge in [0.05, 0.1) is 0 Å². The Morgan fingerprint density at radius 3 is 2.67 bits per heavy atom. The highest BCUT2D eigenvalue weighted by molar-refractivity contribution is 5.02. The fraction of sp³-hybridized carbons (Fsp3) is 1.00. The van der Waals surface area contributed by atoms with Crippen molar-refractivity contribution in [2.24, 2.45) is 29.6 Å². The molecule has 2 bridgehead atoms. The van der Waals surface area contributed by atoms with Gasteiger partial charge in [0.2, 0.25) is 0 Å². The van der Waals surface area contributed by atoms with Crippen LogP contribution in [0.3, 0.4) is 0 Å². The quantitative estimate of drug-likeness (QED) is 0.632. The lowest BCUT2D eigenvalue weighted by molar-refractivity contribution is 0.121. The van der Waals surface area contributed by atoms with Crippen molar-refractivity contribution >= 4 is 0 Å². The standard InChI is InChI=1S/C11H18O/c12-6-8-4-7-5-11(8)10-3-1-2-9(7)10/h7-12H,1-6H2/t7-,8-,9+,10-,11-/m0/s1. The van der Waals surface area contributed by atoms with Gasteiger partial charge in [0.25, 0.3) is 0 Å². The molecule has 1 heteroatoms. The average Bonchev–Trinajstić information content (AvgIpc) is 2.75. The van der Waals surface area contributed by atoms with Gasteiger partial charge in [0.1, 0.15) is 0 Å². The molecule has 0 aromatic heterocycles. The Bertz CT molecular complexity index is 187. The maximum atomic E-state index is 9.21. The first-order valence-corrected chi connectivity index (χ1v) is 5.51. The van der Waals surface area contributed by atoms with E-state index in [1.54, 1.807) is 0 Å². The first-order valence-electron chi connectivity index (χ1n) is 5.51. The summed E-state index contributed by atoms with van der Waals surface area (Å²) in [5.41, 5.74) is 0. The average molecular weight is 166 g/mol. The lowest BCUT2D eigenvalue weighted by atomic mass is 9.76. The molecule has 0 aromatic rings. The topological polar surface area (TPSA) is 20.2 Å². The van der Waals surface area contributed by atoms with Crippen LogP contribution in [0.4, 0.5) is 0 Å². The normalized spacial score (nSPS) is 56.2. The van der Waals surface area contributed by atoms with E-state index < -0.39 is 0 Å². The van der Waals surface area contributed by atoms with Crippen molar-refractivity contribution in [2.45, 2.75) is 32.1 Å². The fourth-order valence-corrected chi connectivity index (χ4v) is 4.42. The van der Waals surface area contributed by atoms with E-state index in [9.17, 15) is 5.11 Å². The Morgan fingerprint density at radius 2 is 1.83 bits per heavy atom. The van der Waals surface area contributed by atoms with Crippen LogP contribution in [0.1, 0.15) is 32.1 Å². The Labute approximate surface area is 74.2 Å². The minimum absolute atomic E-state index is 0.463. The highest BCUT2D eigenvalue weighted by Gasteiger charge is 2.53. The zero-order chi connectivity index (χ0) is 8.13. The molecule has 3 aliphatic rings. The molecule has 0 saturated heterocycles. The number of aliphatic hydroxyl groups excluding tert-OH is 1. The summed E-state index contributed by atoms with van der Waals surface area (Å²) in [7, 11) is 0. The third-order valence-corrected chi connectivity index (χ3v) is 4.80. The molecule has 3 fully saturated rings. The molecule has 0 aliphatic heterocycles. The Hall–Kier alpha value is -0.0400. The maximum Gasteiger partial charge on any atom is 0.0462 e. The van der Waals surface area contributed by atoms with Crippen molar-refractivity contribution < 1.29 is 5.11 Å². The number of rotatable bonds is 1. The van der Waals surface area contributed by atoms with Gasteiger partial charge < -0.3 is 5.11 Å². The van der Waals surface area contributed by atoms with Crippen LogP contribution in [-0.2, 0) is 0 Å². The molecule has 0 radical (unpaired) electrons. The summed E-state index contributed by atoms with van der Waals surface area (Å²) in [6.45, 7) is 0.463. The predicted octanol–water partition coefficient (Wildman–Crippen LogP) is 2.05. The number of fused-ring (bicyclic) bond motifs is 5. The minimum Gasteiger partial charge on any atom is -0.396 e. The molecule has 0 amide bonds. The summed E-state index contributed by atoms with van der Waals surface area (Å²) in [5.74, 6) is 4.74. The van der Waals surface area contributed by atoms with E-state index in [0.29, 0.717) is 12.5 Å². The van der Waals surface area contributed by atoms with Crippen LogP contribution in [0.25, 0.3) is 0 Å². The van der Waals surface area contributed by atoms with Crippen LogP contribution >= 0.6 is 0 Å². The van der Waals surface area contributed by atoms with E-state index >= 15 is 0 Å². The van der Waals surface area contributed by atoms with E-state index in [1.807, 2.05) is 0 Å². The van der Waals surface area contributed by atoms with Gasteiger partial charge in [-0.2, -0.15) is 0 Å². The van der Waals surface area contributed by atoms with Gasteiger partial charge in [-0.05, 0) is 55.3 Å². The third kappa shape index (κ3) is 0.783. The number of hydrogen-bond donors (Lipinski definition) is 1. The molecule has 0 unspecified atom stereocenters. The molecule has 3 rings (SSSR count). The first kappa shape index (κ1) is 7.37. The van der Waals surface area contributed by atoms with Crippen LogP contribution in [0.5, 0.6) is 0 Å². The summed E-state index contributed by atoms with van der Waals surface area (Å²) in [4.78, 5) is 0. The molecule has 0 heterocycles. The lowest BCUT2D eigenvalue weighted by Gasteiger charge is -2.30. The number of hydrogen-bond acceptors (Lipinski definition) is 1. The highest BCUT2D eigenvalue weighted by atomic mass is 16.3. The summed E-state index contributed by atoms with van der Waals surface area (Å²) >= 11 is 0. The van der Waals surface area contributed by atoms with Crippen LogP contribution in [0.2, 0.25) is 0 Å². The fourth-order valence-electron chi connectivity index (χ4n) is 4.42. The number of aliphatic hydroxyl groups is 1. The maximum absolute atomic E-state index is 9.21. The van der Waals surface area contributed by atoms with Crippen LogP contribution in [0, 0.1) is 29.6 Å². The van der Waals surface area contributed by atoms with Crippen molar-refractivity contribution in [2.75, 3.05) is 6.61 Å². The summed E-state index contributed by atoms with van der Waals surface area (Å²) in [6.07, 6.45) is 7.26. The molecular weight excluding hydrogens is 148 g/mol. The van der Waals surface area contributed by atoms with Crippen molar-refractivity contribution in [3.8, 4) is 0 Å². The molecule has 68 valence electrons. The second-order valence-corrected chi connectivity index (χ2v) is 5.10. The van der Waals surface area contributed by atoms with Crippen LogP contribution in [0.15, 0.2) is 0 Å². The Morgan fingerprint density at radius 1 is 1.00 bits per heavy atom. The molecule has 3 saturated carbocycles. The molecule has 1 nitrogen and oxygen atoms in total. The smallest absolute Gasteiger partial charge is 0.0462 e. The van der Waals surface area contributed by atoms with Gasteiger partial charge in [0, 0.05) is 6.61 Å². The highest BCUT2D eigenvalue weighted by Crippen LogP contribution is 2.60. The zero-order valence-electron chi connectivity index (χ0n) is 7.58. The lowest BCUT2D eigenvalue weighted by Crippen LogP contribution is -2.26. The van der Waals surface area contributed by atoms with E-state index in [0.717, 1.165) is 23.7 Å². The van der Waals surface area contributed by atoms with Crippen LogP contribution in [-0.4, -0.2) is 11.7 Å². The van der Waals surface area contributed by atoms with Crippen molar-refractivity contribution in [1.82, 2.24) is 0 Å². The van der Waals surface area contributed by atoms with E-state index in [4.69, 9.17) is 0 Å². The van der Waals surface area contributed by atoms with Crippen molar-refractivity contribution in [3.63, 3.8) is 0 Å². The molecular formula is C11H18O. The largest absolute Gasteiger partial charge is 0.396 e. The summed E-state index contributed by atoms with van der Waals surface area (Å²) < 4.78 is 0. The summed E-state index contributed by atoms with van der Waals surface area (Å²) in [6, 6.07) is 0. The molecule has 0 aromatic carbocycles. The van der Waals surface area contributed by atoms with Crippen molar-refractivity contribution in [1.29, 1.82) is 0 Å². The van der Waals surface area contributed by atoms with E-state index in [1.165, 1.54) is 32.1 Å². The van der Waals surface area contributed by atoms with Gasteiger partial charge in [-0.15, -0.1) is 0 Å². The Balaban J connectivity index is 1.83. The van der Waals surface area contributed by atoms with E-state index in [-0.39, 0.29) is 0 Å². The predicted molar refractivity (Wildman–Crippen MR) is 47.6 cm³/mol.